The van der Waals surface area contributed by atoms with Gasteiger partial charge in [0.05, 0.1) is 32.3 Å². The van der Waals surface area contributed by atoms with Gasteiger partial charge in [0.25, 0.3) is 0 Å². The van der Waals surface area contributed by atoms with E-state index in [9.17, 15) is 22.8 Å². The number of nitrogen functional groups attached to an aromatic ring is 1. The van der Waals surface area contributed by atoms with Gasteiger partial charge in [-0.05, 0) is 37.4 Å². The van der Waals surface area contributed by atoms with Crippen LogP contribution in [0.2, 0.25) is 5.02 Å². The molecule has 2 aromatic carbocycles. The van der Waals surface area contributed by atoms with Gasteiger partial charge in [-0.2, -0.15) is 15.2 Å². The van der Waals surface area contributed by atoms with E-state index in [0.717, 1.165) is 36.8 Å². The van der Waals surface area contributed by atoms with Crippen molar-refractivity contribution in [3.05, 3.63) is 34.4 Å². The summed E-state index contributed by atoms with van der Waals surface area (Å²) in [6, 6.07) is 3.38. The molecule has 47 heavy (non-hydrogen) atoms. The molecule has 0 aliphatic carbocycles. The predicted octanol–water partition coefficient (Wildman–Crippen LogP) is 7.24. The van der Waals surface area contributed by atoms with Crippen LogP contribution in [-0.4, -0.2) is 71.4 Å². The monoisotopic (exact) mass is 690 g/mol. The van der Waals surface area contributed by atoms with Gasteiger partial charge in [-0.3, -0.25) is 4.90 Å². The number of thiophene rings is 1. The fourth-order valence-electron chi connectivity index (χ4n) is 7.89. The van der Waals surface area contributed by atoms with E-state index in [1.54, 1.807) is 4.90 Å². The van der Waals surface area contributed by atoms with Crippen molar-refractivity contribution in [2.24, 2.45) is 0 Å². The number of anilines is 2. The number of benzene rings is 2. The molecular weight excluding hydrogens is 663 g/mol. The van der Waals surface area contributed by atoms with Crippen LogP contribution < -0.4 is 20.1 Å². The number of ether oxygens (including phenoxy) is 2. The molecule has 15 heteroatoms. The molecule has 3 atom stereocenters. The number of nitriles is 1. The second-order valence-corrected chi connectivity index (χ2v) is 14.3. The molecule has 3 saturated heterocycles. The van der Waals surface area contributed by atoms with Crippen LogP contribution in [0.3, 0.4) is 0 Å². The maximum Gasteiger partial charge on any atom is 0.319 e. The quantitative estimate of drug-likeness (QED) is 0.224. The number of nitrogens with zero attached hydrogens (tertiary/aromatic N) is 5. The Hall–Kier alpha value is -3.67. The van der Waals surface area contributed by atoms with Crippen molar-refractivity contribution < 1.29 is 31.4 Å². The number of rotatable bonds is 4. The van der Waals surface area contributed by atoms with E-state index < -0.39 is 41.7 Å². The average molecular weight is 691 g/mol. The highest BCUT2D eigenvalue weighted by molar-refractivity contribution is 7.23. The molecule has 0 radical (unpaired) electrons. The number of nitrogens with two attached hydrogens (primary N) is 1. The van der Waals surface area contributed by atoms with Crippen LogP contribution in [0, 0.1) is 23.0 Å². The van der Waals surface area contributed by atoms with Crippen molar-refractivity contribution in [1.29, 1.82) is 5.26 Å². The van der Waals surface area contributed by atoms with Gasteiger partial charge in [-0.25, -0.2) is 22.0 Å². The summed E-state index contributed by atoms with van der Waals surface area (Å²) in [6.45, 7) is 1.08. The van der Waals surface area contributed by atoms with Gasteiger partial charge in [0.1, 0.15) is 47.6 Å². The highest BCUT2D eigenvalue weighted by atomic mass is 35.5. The van der Waals surface area contributed by atoms with Crippen LogP contribution in [0.5, 0.6) is 11.8 Å². The first-order valence-electron chi connectivity index (χ1n) is 15.4. The molecule has 8 rings (SSSR count). The fourth-order valence-corrected chi connectivity index (χ4v) is 9.17. The van der Waals surface area contributed by atoms with Crippen LogP contribution in [0.25, 0.3) is 32.1 Å². The first-order chi connectivity index (χ1) is 22.5. The topological polar surface area (TPSA) is 101 Å². The van der Waals surface area contributed by atoms with Crippen LogP contribution >= 0.6 is 22.9 Å². The first-order valence-corrected chi connectivity index (χ1v) is 16.6. The maximum absolute atomic E-state index is 17.1. The molecule has 0 saturated carbocycles. The lowest BCUT2D eigenvalue weighted by molar-refractivity contribution is -0.0203. The number of hydrogen-bond donors (Lipinski definition) is 1. The second kappa shape index (κ2) is 10.9. The summed E-state index contributed by atoms with van der Waals surface area (Å²) in [5.74, 6) is -4.41. The minimum Gasteiger partial charge on any atom is -0.489 e. The SMILES string of the molecule is N#Cc1c(N)sc2c(F)ccc(-c3c(Cl)c4c5c(nc(OCC67CCCN6C[C@H](F)C7)nc5c3F)N3CCCC(F)(F)CC3CO4)c12. The van der Waals surface area contributed by atoms with Crippen molar-refractivity contribution in [3.63, 3.8) is 0 Å². The summed E-state index contributed by atoms with van der Waals surface area (Å²) in [4.78, 5) is 12.9. The molecule has 8 nitrogen and oxygen atoms in total. The summed E-state index contributed by atoms with van der Waals surface area (Å²) in [7, 11) is 0. The van der Waals surface area contributed by atoms with Crippen molar-refractivity contribution >= 4 is 54.7 Å². The molecule has 6 heterocycles. The van der Waals surface area contributed by atoms with Gasteiger partial charge in [0.2, 0.25) is 5.92 Å². The molecule has 0 bridgehead atoms. The number of aromatic nitrogens is 2. The lowest BCUT2D eigenvalue weighted by Crippen LogP contribution is -2.43. The summed E-state index contributed by atoms with van der Waals surface area (Å²) in [5, 5.41) is 9.90. The molecule has 3 fully saturated rings. The van der Waals surface area contributed by atoms with E-state index in [-0.39, 0.29) is 104 Å². The summed E-state index contributed by atoms with van der Waals surface area (Å²) in [5.41, 5.74) is 5.09. The smallest absolute Gasteiger partial charge is 0.319 e. The average Bonchev–Trinajstić information content (AvgIpc) is 3.60. The Balaban J connectivity index is 1.35. The van der Waals surface area contributed by atoms with Gasteiger partial charge < -0.3 is 20.1 Å². The Kier molecular flexibility index (Phi) is 7.13. The standard InChI is InChI=1S/C32H28ClF5N6O2S/c33-23-21(17-3-4-19(35)27-20(17)18(11-39)28(40)47-27)24(36)25-22-26(23)45-13-16-10-32(37,38)6-2-8-44(16)29(22)42-30(41-25)46-14-31-5-1-7-43(31)12-15(34)9-31/h3-4,15-16H,1-2,5-10,12-14,40H2/t15-,16?,31?/m1/s1. The van der Waals surface area contributed by atoms with Gasteiger partial charge >= 0.3 is 6.01 Å². The largest absolute Gasteiger partial charge is 0.489 e. The molecular formula is C32H28ClF5N6O2S. The third-order valence-corrected chi connectivity index (χ3v) is 11.4. The molecule has 2 unspecified atom stereocenters. The maximum atomic E-state index is 17.1. The minimum absolute atomic E-state index is 0.0215. The van der Waals surface area contributed by atoms with Gasteiger partial charge in [-0.1, -0.05) is 17.7 Å². The van der Waals surface area contributed by atoms with Crippen LogP contribution in [-0.2, 0) is 0 Å². The van der Waals surface area contributed by atoms with Gasteiger partial charge in [-0.15, -0.1) is 11.3 Å². The summed E-state index contributed by atoms with van der Waals surface area (Å²) >= 11 is 7.78. The Bertz CT molecular complexity index is 2010. The molecule has 2 N–H and O–H groups in total. The van der Waals surface area contributed by atoms with E-state index in [1.165, 1.54) is 6.07 Å². The van der Waals surface area contributed by atoms with E-state index >= 15 is 4.39 Å². The molecule has 0 amide bonds. The molecule has 246 valence electrons. The highest BCUT2D eigenvalue weighted by Gasteiger charge is 2.49. The van der Waals surface area contributed by atoms with Crippen molar-refractivity contribution in [1.82, 2.24) is 14.9 Å². The third kappa shape index (κ3) is 4.76. The number of alkyl halides is 3. The molecule has 4 aliphatic heterocycles. The zero-order valence-electron chi connectivity index (χ0n) is 24.9. The van der Waals surface area contributed by atoms with Crippen LogP contribution in [0.1, 0.15) is 44.1 Å². The number of hydrogen-bond acceptors (Lipinski definition) is 9. The third-order valence-electron chi connectivity index (χ3n) is 9.98. The molecule has 4 aliphatic rings. The van der Waals surface area contributed by atoms with Crippen molar-refractivity contribution in [3.8, 4) is 29.0 Å². The fraction of sp³-hybridized carbons (Fsp3) is 0.469. The normalized spacial score (nSPS) is 25.3. The Morgan fingerprint density at radius 2 is 1.96 bits per heavy atom. The van der Waals surface area contributed by atoms with E-state index in [0.29, 0.717) is 6.54 Å². The zero-order chi connectivity index (χ0) is 32.8. The predicted molar refractivity (Wildman–Crippen MR) is 168 cm³/mol. The summed E-state index contributed by atoms with van der Waals surface area (Å²) < 4.78 is 88.6. The lowest BCUT2D eigenvalue weighted by atomic mass is 9.95. The zero-order valence-corrected chi connectivity index (χ0v) is 26.5. The highest BCUT2D eigenvalue weighted by Crippen LogP contribution is 2.52. The Labute approximate surface area is 274 Å². The van der Waals surface area contributed by atoms with Crippen molar-refractivity contribution in [2.45, 2.75) is 62.2 Å². The molecule has 4 aromatic rings. The van der Waals surface area contributed by atoms with Gasteiger partial charge in [0, 0.05) is 43.3 Å². The van der Waals surface area contributed by atoms with Crippen LogP contribution in [0.4, 0.5) is 32.8 Å². The molecule has 0 spiro atoms. The van der Waals surface area contributed by atoms with E-state index in [4.69, 9.17) is 26.8 Å². The first kappa shape index (κ1) is 30.7. The van der Waals surface area contributed by atoms with Crippen molar-refractivity contribution in [2.75, 3.05) is 43.5 Å². The summed E-state index contributed by atoms with van der Waals surface area (Å²) in [6.07, 6.45) is 0.179. The number of halogens is 6. The van der Waals surface area contributed by atoms with Gasteiger partial charge in [0.15, 0.2) is 11.6 Å². The van der Waals surface area contributed by atoms with E-state index in [2.05, 4.69) is 14.9 Å². The Morgan fingerprint density at radius 3 is 2.77 bits per heavy atom. The van der Waals surface area contributed by atoms with Crippen LogP contribution in [0.15, 0.2) is 12.1 Å². The minimum atomic E-state index is -2.96. The number of fused-ring (bicyclic) bond motifs is 4. The Morgan fingerprint density at radius 1 is 1.15 bits per heavy atom. The molecule has 2 aromatic heterocycles. The second-order valence-electron chi connectivity index (χ2n) is 12.8. The van der Waals surface area contributed by atoms with E-state index in [1.807, 2.05) is 6.07 Å². The lowest BCUT2D eigenvalue weighted by Gasteiger charge is -2.31.